The number of esters is 2. The molecule has 0 saturated heterocycles. The Balaban J connectivity index is 0. The summed E-state index contributed by atoms with van der Waals surface area (Å²) < 4.78 is 8.26. The summed E-state index contributed by atoms with van der Waals surface area (Å²) in [6.45, 7) is 0.906. The Morgan fingerprint density at radius 1 is 1.14 bits per heavy atom. The topological polar surface area (TPSA) is 168 Å². The summed E-state index contributed by atoms with van der Waals surface area (Å²) in [7, 11) is 0. The molecule has 0 rings (SSSR count). The molecule has 0 radical (unpaired) electrons. The Labute approximate surface area is 126 Å². The van der Waals surface area contributed by atoms with Gasteiger partial charge in [-0.15, -0.1) is 0 Å². The van der Waals surface area contributed by atoms with Crippen molar-refractivity contribution in [1.29, 1.82) is 0 Å². The van der Waals surface area contributed by atoms with Gasteiger partial charge in [0, 0.05) is 6.61 Å². The molecular weight excluding hydrogens is 304 g/mol. The third kappa shape index (κ3) is 16.0. The van der Waals surface area contributed by atoms with E-state index in [9.17, 15) is 19.2 Å². The van der Waals surface area contributed by atoms with E-state index in [-0.39, 0.29) is 32.0 Å². The van der Waals surface area contributed by atoms with Crippen LogP contribution in [0.4, 0.5) is 0 Å². The quantitative estimate of drug-likeness (QED) is 0.213. The molecule has 0 spiro atoms. The molecule has 0 saturated carbocycles. The molecule has 0 aliphatic heterocycles. The first-order valence-electron chi connectivity index (χ1n) is 6.17. The molecule has 10 nitrogen and oxygen atoms in total. The molecule has 0 aromatic heterocycles. The van der Waals surface area contributed by atoms with E-state index in [0.717, 1.165) is 0 Å². The lowest BCUT2D eigenvalue weighted by Crippen LogP contribution is -2.23. The van der Waals surface area contributed by atoms with Crippen molar-refractivity contribution in [3.8, 4) is 0 Å². The van der Waals surface area contributed by atoms with Crippen LogP contribution < -0.4 is 0 Å². The molecule has 0 aromatic carbocycles. The van der Waals surface area contributed by atoms with Gasteiger partial charge in [-0.2, -0.15) is 0 Å². The van der Waals surface area contributed by atoms with Gasteiger partial charge in [0.25, 0.3) is 0 Å². The summed E-state index contributed by atoms with van der Waals surface area (Å²) in [5.41, 5.74) is 0. The van der Waals surface area contributed by atoms with Crippen molar-refractivity contribution in [2.45, 2.75) is 25.9 Å². The summed E-state index contributed by atoms with van der Waals surface area (Å²) in [6.07, 6.45) is -1.68. The molecule has 22 heavy (non-hydrogen) atoms. The maximum atomic E-state index is 10.9. The van der Waals surface area contributed by atoms with Crippen LogP contribution >= 0.6 is 0 Å². The highest BCUT2D eigenvalue weighted by Crippen LogP contribution is 2.01. The van der Waals surface area contributed by atoms with E-state index in [1.807, 2.05) is 0 Å². The average molecular weight is 324 g/mol. The van der Waals surface area contributed by atoms with Gasteiger partial charge in [0.1, 0.15) is 19.1 Å². The van der Waals surface area contributed by atoms with Gasteiger partial charge in [-0.05, 0) is 5.92 Å². The maximum absolute atomic E-state index is 10.9. The number of carboxylic acids is 1. The fourth-order valence-electron chi connectivity index (χ4n) is 0.869. The standard InChI is InChI=1S/C8H16O5.C4H4O5/c1-6(3-9)2-8(12)13-5-7(11)4-10;5-2-9-4(8)1-3(6)7/h6-7,9-11H,2-5H2,1H3;2H,1H2,(H,6,7). The number of carbonyl (C=O) groups is 4. The maximum Gasteiger partial charge on any atom is 0.324 e. The average Bonchev–Trinajstić information content (AvgIpc) is 2.44. The van der Waals surface area contributed by atoms with E-state index < -0.39 is 37.0 Å². The van der Waals surface area contributed by atoms with Crippen molar-refractivity contribution in [3.05, 3.63) is 0 Å². The molecule has 0 heterocycles. The zero-order valence-corrected chi connectivity index (χ0v) is 12.0. The molecule has 128 valence electrons. The van der Waals surface area contributed by atoms with Crippen LogP contribution in [0.15, 0.2) is 0 Å². The monoisotopic (exact) mass is 324 g/mol. The lowest BCUT2D eigenvalue weighted by atomic mass is 10.1. The van der Waals surface area contributed by atoms with Gasteiger partial charge in [0.2, 0.25) is 0 Å². The third-order valence-corrected chi connectivity index (χ3v) is 1.95. The van der Waals surface area contributed by atoms with Crippen molar-refractivity contribution < 1.29 is 49.1 Å². The fraction of sp³-hybridized carbons (Fsp3) is 0.667. The summed E-state index contributed by atoms with van der Waals surface area (Å²) in [5, 5.41) is 33.7. The third-order valence-electron chi connectivity index (χ3n) is 1.95. The first-order chi connectivity index (χ1) is 10.3. The highest BCUT2D eigenvalue weighted by molar-refractivity contribution is 5.92. The summed E-state index contributed by atoms with van der Waals surface area (Å²) in [6, 6.07) is 0. The first kappa shape index (κ1) is 22.2. The van der Waals surface area contributed by atoms with Gasteiger partial charge in [-0.25, -0.2) is 0 Å². The number of aliphatic carboxylic acids is 1. The number of rotatable bonds is 9. The van der Waals surface area contributed by atoms with Gasteiger partial charge in [0.15, 0.2) is 0 Å². The number of hydrogen-bond donors (Lipinski definition) is 4. The van der Waals surface area contributed by atoms with Gasteiger partial charge >= 0.3 is 24.4 Å². The van der Waals surface area contributed by atoms with Crippen LogP contribution in [0.3, 0.4) is 0 Å². The Hall–Kier alpha value is -2.04. The van der Waals surface area contributed by atoms with Gasteiger partial charge < -0.3 is 29.9 Å². The van der Waals surface area contributed by atoms with E-state index in [2.05, 4.69) is 9.47 Å². The molecule has 2 atom stereocenters. The molecule has 0 fully saturated rings. The highest BCUT2D eigenvalue weighted by atomic mass is 16.6. The molecule has 4 N–H and O–H groups in total. The normalized spacial score (nSPS) is 12.2. The Morgan fingerprint density at radius 3 is 2.14 bits per heavy atom. The van der Waals surface area contributed by atoms with Crippen LogP contribution in [0.5, 0.6) is 0 Å². The van der Waals surface area contributed by atoms with Crippen LogP contribution in [0.2, 0.25) is 0 Å². The van der Waals surface area contributed by atoms with E-state index in [1.54, 1.807) is 6.92 Å². The van der Waals surface area contributed by atoms with E-state index in [4.69, 9.17) is 20.4 Å². The molecule has 0 aliphatic carbocycles. The minimum absolute atomic E-state index is 0.0718. The Bertz CT molecular complexity index is 354. The van der Waals surface area contributed by atoms with Crippen LogP contribution in [0, 0.1) is 5.92 Å². The minimum Gasteiger partial charge on any atom is -0.481 e. The fourth-order valence-corrected chi connectivity index (χ4v) is 0.869. The number of carboxylic acid groups (broad SMARTS) is 1. The zero-order chi connectivity index (χ0) is 17.5. The summed E-state index contributed by atoms with van der Waals surface area (Å²) >= 11 is 0. The van der Waals surface area contributed by atoms with E-state index in [1.165, 1.54) is 0 Å². The Morgan fingerprint density at radius 2 is 1.73 bits per heavy atom. The smallest absolute Gasteiger partial charge is 0.324 e. The van der Waals surface area contributed by atoms with Crippen LogP contribution in [0.25, 0.3) is 0 Å². The van der Waals surface area contributed by atoms with Gasteiger partial charge in [0.05, 0.1) is 13.0 Å². The molecule has 0 bridgehead atoms. The molecule has 0 aromatic rings. The SMILES string of the molecule is CC(CO)CC(=O)OCC(O)CO.O=COC(=O)CC(=O)O. The number of carbonyl (C=O) groups excluding carboxylic acids is 3. The zero-order valence-electron chi connectivity index (χ0n) is 12.0. The van der Waals surface area contributed by atoms with Crippen molar-refractivity contribution in [2.24, 2.45) is 5.92 Å². The second kappa shape index (κ2) is 13.9. The second-order valence-corrected chi connectivity index (χ2v) is 4.17. The molecule has 0 aliphatic rings. The Kier molecular flexibility index (Phi) is 14.1. The van der Waals surface area contributed by atoms with Crippen LogP contribution in [-0.4, -0.2) is 70.7 Å². The summed E-state index contributed by atoms with van der Waals surface area (Å²) in [5.74, 6) is -2.99. The summed E-state index contributed by atoms with van der Waals surface area (Å²) in [4.78, 5) is 40.0. The predicted molar refractivity (Wildman–Crippen MR) is 69.3 cm³/mol. The van der Waals surface area contributed by atoms with Gasteiger partial charge in [-0.3, -0.25) is 19.2 Å². The highest BCUT2D eigenvalue weighted by Gasteiger charge is 2.11. The van der Waals surface area contributed by atoms with E-state index in [0.29, 0.717) is 0 Å². The molecule has 10 heteroatoms. The number of hydrogen-bond acceptors (Lipinski definition) is 9. The lowest BCUT2D eigenvalue weighted by Gasteiger charge is -2.10. The molecule has 0 amide bonds. The van der Waals surface area contributed by atoms with Crippen LogP contribution in [0.1, 0.15) is 19.8 Å². The van der Waals surface area contributed by atoms with E-state index >= 15 is 0 Å². The number of ether oxygens (including phenoxy) is 2. The van der Waals surface area contributed by atoms with Crippen molar-refractivity contribution in [3.63, 3.8) is 0 Å². The van der Waals surface area contributed by atoms with Crippen molar-refractivity contribution >= 4 is 24.4 Å². The number of aliphatic hydroxyl groups excluding tert-OH is 3. The first-order valence-corrected chi connectivity index (χ1v) is 6.17. The minimum atomic E-state index is -1.32. The largest absolute Gasteiger partial charge is 0.481 e. The lowest BCUT2D eigenvalue weighted by molar-refractivity contribution is -0.155. The van der Waals surface area contributed by atoms with Gasteiger partial charge in [-0.1, -0.05) is 6.92 Å². The second-order valence-electron chi connectivity index (χ2n) is 4.17. The van der Waals surface area contributed by atoms with Crippen LogP contribution in [-0.2, 0) is 28.7 Å². The molecular formula is C12H20O10. The predicted octanol–water partition coefficient (Wildman–Crippen LogP) is -1.94. The van der Waals surface area contributed by atoms with Crippen molar-refractivity contribution in [2.75, 3.05) is 19.8 Å². The molecule has 2 unspecified atom stereocenters. The van der Waals surface area contributed by atoms with Crippen molar-refractivity contribution in [1.82, 2.24) is 0 Å². The number of aliphatic hydroxyl groups is 3.